The first-order valence-electron chi connectivity index (χ1n) is 6.59. The fourth-order valence-corrected chi connectivity index (χ4v) is 2.23. The number of aliphatic hydroxyl groups is 2. The smallest absolute Gasteiger partial charge is 0.192 e. The quantitative estimate of drug-likeness (QED) is 0.701. The molecular weight excluding hydrogens is 248 g/mol. The first-order chi connectivity index (χ1) is 8.01. The van der Waals surface area contributed by atoms with Gasteiger partial charge in [-0.25, -0.2) is 0 Å². The maximum Gasteiger partial charge on any atom is 0.192 e. The summed E-state index contributed by atoms with van der Waals surface area (Å²) in [5, 5.41) is 18.9. The molecule has 0 aliphatic heterocycles. The Bertz CT molecular complexity index is 236. The molecule has 0 aliphatic rings. The van der Waals surface area contributed by atoms with E-state index in [4.69, 9.17) is 14.3 Å². The Labute approximate surface area is 112 Å². The highest BCUT2D eigenvalue weighted by molar-refractivity contribution is 6.74. The third kappa shape index (κ3) is 5.80. The van der Waals surface area contributed by atoms with Crippen LogP contribution in [0, 0.1) is 0 Å². The van der Waals surface area contributed by atoms with Gasteiger partial charge in [0.1, 0.15) is 12.2 Å². The summed E-state index contributed by atoms with van der Waals surface area (Å²) >= 11 is 0. The van der Waals surface area contributed by atoms with Gasteiger partial charge in [-0.05, 0) is 32.0 Å². The predicted octanol–water partition coefficient (Wildman–Crippen LogP) is 2.16. The van der Waals surface area contributed by atoms with Gasteiger partial charge in [0.25, 0.3) is 0 Å². The van der Waals surface area contributed by atoms with Crippen LogP contribution >= 0.6 is 0 Å². The number of hydrogen-bond donors (Lipinski definition) is 2. The van der Waals surface area contributed by atoms with Crippen LogP contribution in [0.2, 0.25) is 18.1 Å². The second kappa shape index (κ2) is 7.00. The highest BCUT2D eigenvalue weighted by atomic mass is 28.4. The Morgan fingerprint density at radius 3 is 2.00 bits per heavy atom. The van der Waals surface area contributed by atoms with Crippen LogP contribution in [0.25, 0.3) is 0 Å². The molecule has 0 amide bonds. The Morgan fingerprint density at radius 1 is 1.17 bits per heavy atom. The van der Waals surface area contributed by atoms with Gasteiger partial charge < -0.3 is 19.4 Å². The van der Waals surface area contributed by atoms with Gasteiger partial charge in [0.15, 0.2) is 8.32 Å². The number of rotatable bonds is 7. The average Bonchev–Trinajstić information content (AvgIpc) is 2.21. The molecule has 0 heterocycles. The minimum Gasteiger partial charge on any atom is -0.414 e. The topological polar surface area (TPSA) is 58.9 Å². The van der Waals surface area contributed by atoms with Crippen LogP contribution in [0.5, 0.6) is 0 Å². The molecule has 0 fully saturated rings. The highest BCUT2D eigenvalue weighted by Gasteiger charge is 2.38. The van der Waals surface area contributed by atoms with Crippen molar-refractivity contribution in [2.45, 2.75) is 71.1 Å². The van der Waals surface area contributed by atoms with Crippen molar-refractivity contribution >= 4 is 8.32 Å². The van der Waals surface area contributed by atoms with E-state index in [1.54, 1.807) is 0 Å². The molecule has 110 valence electrons. The molecular formula is C13H30O4Si. The maximum atomic E-state index is 9.73. The molecule has 0 aromatic carbocycles. The van der Waals surface area contributed by atoms with E-state index in [1.165, 1.54) is 0 Å². The Morgan fingerprint density at radius 2 is 1.67 bits per heavy atom. The molecule has 0 bridgehead atoms. The summed E-state index contributed by atoms with van der Waals surface area (Å²) in [6, 6.07) is 0. The van der Waals surface area contributed by atoms with Gasteiger partial charge >= 0.3 is 0 Å². The lowest BCUT2D eigenvalue weighted by atomic mass is 10.2. The molecule has 5 heteroatoms. The molecule has 0 saturated heterocycles. The Kier molecular flexibility index (Phi) is 7.03. The van der Waals surface area contributed by atoms with E-state index in [0.717, 1.165) is 0 Å². The van der Waals surface area contributed by atoms with Gasteiger partial charge in [0.05, 0.1) is 19.3 Å². The van der Waals surface area contributed by atoms with E-state index in [-0.39, 0.29) is 17.7 Å². The second-order valence-corrected chi connectivity index (χ2v) is 11.4. The second-order valence-electron chi connectivity index (χ2n) is 6.54. The molecule has 0 saturated carbocycles. The molecule has 0 aromatic heterocycles. The van der Waals surface area contributed by atoms with Crippen molar-refractivity contribution in [3.8, 4) is 0 Å². The molecule has 2 N–H and O–H groups in total. The fourth-order valence-electron chi connectivity index (χ4n) is 1.22. The van der Waals surface area contributed by atoms with Crippen LogP contribution in [0.15, 0.2) is 0 Å². The lowest BCUT2D eigenvalue weighted by molar-refractivity contribution is -0.0980. The summed E-state index contributed by atoms with van der Waals surface area (Å²) in [6.07, 6.45) is -1.36. The van der Waals surface area contributed by atoms with Gasteiger partial charge in [-0.15, -0.1) is 0 Å². The van der Waals surface area contributed by atoms with Crippen molar-refractivity contribution in [1.29, 1.82) is 0 Å². The van der Waals surface area contributed by atoms with Crippen molar-refractivity contribution in [2.75, 3.05) is 13.2 Å². The van der Waals surface area contributed by atoms with Crippen molar-refractivity contribution in [2.24, 2.45) is 0 Å². The largest absolute Gasteiger partial charge is 0.414 e. The molecule has 0 radical (unpaired) electrons. The van der Waals surface area contributed by atoms with Gasteiger partial charge in [-0.3, -0.25) is 0 Å². The summed E-state index contributed by atoms with van der Waals surface area (Å²) in [5.41, 5.74) is 0. The van der Waals surface area contributed by atoms with Crippen LogP contribution in [-0.4, -0.2) is 50.1 Å². The van der Waals surface area contributed by atoms with E-state index >= 15 is 0 Å². The van der Waals surface area contributed by atoms with Crippen molar-refractivity contribution in [3.05, 3.63) is 0 Å². The first kappa shape index (κ1) is 18.1. The third-order valence-corrected chi connectivity index (χ3v) is 7.98. The van der Waals surface area contributed by atoms with E-state index < -0.39 is 20.5 Å². The van der Waals surface area contributed by atoms with Gasteiger partial charge in [0, 0.05) is 0 Å². The number of aliphatic hydroxyl groups excluding tert-OH is 2. The molecule has 0 spiro atoms. The van der Waals surface area contributed by atoms with Crippen molar-refractivity contribution in [1.82, 2.24) is 0 Å². The van der Waals surface area contributed by atoms with Crippen LogP contribution in [0.1, 0.15) is 34.6 Å². The fraction of sp³-hybridized carbons (Fsp3) is 1.00. The van der Waals surface area contributed by atoms with Crippen molar-refractivity contribution < 1.29 is 19.4 Å². The predicted molar refractivity (Wildman–Crippen MR) is 76.3 cm³/mol. The minimum absolute atomic E-state index is 0.000726. The molecule has 2 atom stereocenters. The summed E-state index contributed by atoms with van der Waals surface area (Å²) in [7, 11) is -1.85. The van der Waals surface area contributed by atoms with Crippen molar-refractivity contribution in [3.63, 3.8) is 0 Å². The molecule has 0 aliphatic carbocycles. The molecule has 0 aromatic rings. The zero-order chi connectivity index (χ0) is 14.6. The lowest BCUT2D eigenvalue weighted by Crippen LogP contribution is -2.46. The highest BCUT2D eigenvalue weighted by Crippen LogP contribution is 2.36. The van der Waals surface area contributed by atoms with Crippen LogP contribution in [0.3, 0.4) is 0 Å². The first-order valence-corrected chi connectivity index (χ1v) is 9.50. The maximum absolute atomic E-state index is 9.73. The molecule has 0 unspecified atom stereocenters. The van der Waals surface area contributed by atoms with Gasteiger partial charge in [-0.2, -0.15) is 0 Å². The van der Waals surface area contributed by atoms with E-state index in [1.807, 2.05) is 13.8 Å². The normalized spacial score (nSPS) is 17.0. The van der Waals surface area contributed by atoms with E-state index in [2.05, 4.69) is 33.9 Å². The Balaban J connectivity index is 4.52. The summed E-state index contributed by atoms with van der Waals surface area (Å²) < 4.78 is 11.6. The van der Waals surface area contributed by atoms with E-state index in [0.29, 0.717) is 6.61 Å². The molecule has 0 rings (SSSR count). The monoisotopic (exact) mass is 278 g/mol. The SMILES string of the molecule is CC(C)O[C@@H](CO[Si](C)(C)C(C)(C)C)[C@@H](O)CO. The summed E-state index contributed by atoms with van der Waals surface area (Å²) in [5.74, 6) is 0. The van der Waals surface area contributed by atoms with Gasteiger partial charge in [0.2, 0.25) is 0 Å². The Hall–Kier alpha value is 0.0569. The van der Waals surface area contributed by atoms with Crippen LogP contribution in [0.4, 0.5) is 0 Å². The third-order valence-electron chi connectivity index (χ3n) is 3.48. The molecule has 18 heavy (non-hydrogen) atoms. The minimum atomic E-state index is -1.85. The molecule has 4 nitrogen and oxygen atoms in total. The lowest BCUT2D eigenvalue weighted by Gasteiger charge is -2.38. The zero-order valence-electron chi connectivity index (χ0n) is 12.9. The van der Waals surface area contributed by atoms with Gasteiger partial charge in [-0.1, -0.05) is 20.8 Å². The standard InChI is InChI=1S/C13H30O4Si/c1-10(2)17-12(11(15)8-14)9-16-18(6,7)13(3,4)5/h10-12,14-15H,8-9H2,1-7H3/t11-,12-/m0/s1. The zero-order valence-corrected chi connectivity index (χ0v) is 13.9. The van der Waals surface area contributed by atoms with Crippen LogP contribution < -0.4 is 0 Å². The summed E-state index contributed by atoms with van der Waals surface area (Å²) in [6.45, 7) is 14.6. The van der Waals surface area contributed by atoms with Crippen LogP contribution in [-0.2, 0) is 9.16 Å². The van der Waals surface area contributed by atoms with E-state index in [9.17, 15) is 5.11 Å². The number of ether oxygens (including phenoxy) is 1. The number of hydrogen-bond acceptors (Lipinski definition) is 4. The summed E-state index contributed by atoms with van der Waals surface area (Å²) in [4.78, 5) is 0. The average molecular weight is 278 g/mol.